The van der Waals surface area contributed by atoms with Gasteiger partial charge in [0.05, 0.1) is 5.75 Å². The first-order valence-corrected chi connectivity index (χ1v) is 8.35. The molecule has 7 heteroatoms. The van der Waals surface area contributed by atoms with Crippen LogP contribution in [0.4, 0.5) is 4.39 Å². The number of aryl methyl sites for hydroxylation is 2. The van der Waals surface area contributed by atoms with Crippen molar-refractivity contribution in [3.8, 4) is 5.69 Å². The fraction of sp³-hybridized carbons (Fsp3) is 0.235. The van der Waals surface area contributed by atoms with Gasteiger partial charge in [0.1, 0.15) is 5.82 Å². The molecule has 0 spiro atoms. The van der Waals surface area contributed by atoms with Crippen LogP contribution >= 0.6 is 11.8 Å². The molecule has 1 aromatic carbocycles. The lowest BCUT2D eigenvalue weighted by atomic mass is 10.2. The Balaban J connectivity index is 1.82. The molecule has 0 unspecified atom stereocenters. The van der Waals surface area contributed by atoms with Gasteiger partial charge in [0.15, 0.2) is 5.78 Å². The van der Waals surface area contributed by atoms with Gasteiger partial charge in [-0.1, -0.05) is 11.8 Å². The van der Waals surface area contributed by atoms with Crippen LogP contribution in [0.1, 0.15) is 27.6 Å². The molecule has 0 saturated heterocycles. The Hall–Kier alpha value is -2.41. The maximum absolute atomic E-state index is 13.1. The third-order valence-electron chi connectivity index (χ3n) is 3.65. The summed E-state index contributed by atoms with van der Waals surface area (Å²) in [7, 11) is 0. The Morgan fingerprint density at radius 2 is 1.92 bits per heavy atom. The Labute approximate surface area is 142 Å². The van der Waals surface area contributed by atoms with Crippen LogP contribution in [-0.2, 0) is 0 Å². The molecule has 0 N–H and O–H groups in total. The van der Waals surface area contributed by atoms with E-state index in [4.69, 9.17) is 4.42 Å². The number of benzene rings is 1. The van der Waals surface area contributed by atoms with Crippen molar-refractivity contribution in [3.05, 3.63) is 59.0 Å². The first-order valence-electron chi connectivity index (χ1n) is 7.36. The highest BCUT2D eigenvalue weighted by Crippen LogP contribution is 2.24. The van der Waals surface area contributed by atoms with Crippen LogP contribution in [0, 0.1) is 26.6 Å². The van der Waals surface area contributed by atoms with Crippen molar-refractivity contribution >= 4 is 17.5 Å². The van der Waals surface area contributed by atoms with Crippen molar-refractivity contribution in [2.24, 2.45) is 0 Å². The second-order valence-electron chi connectivity index (χ2n) is 5.40. The molecule has 3 rings (SSSR count). The highest BCUT2D eigenvalue weighted by Gasteiger charge is 2.18. The summed E-state index contributed by atoms with van der Waals surface area (Å²) in [4.78, 5) is 12.5. The van der Waals surface area contributed by atoms with E-state index in [9.17, 15) is 9.18 Å². The van der Waals surface area contributed by atoms with Crippen molar-refractivity contribution in [2.45, 2.75) is 26.0 Å². The van der Waals surface area contributed by atoms with Crippen molar-refractivity contribution in [3.63, 3.8) is 0 Å². The molecular formula is C17H16FN3O2S. The van der Waals surface area contributed by atoms with E-state index in [0.717, 1.165) is 17.1 Å². The molecule has 24 heavy (non-hydrogen) atoms. The number of ketones is 1. The lowest BCUT2D eigenvalue weighted by Crippen LogP contribution is -2.05. The van der Waals surface area contributed by atoms with E-state index in [1.807, 2.05) is 24.5 Å². The second-order valence-corrected chi connectivity index (χ2v) is 6.32. The predicted molar refractivity (Wildman–Crippen MR) is 89.3 cm³/mol. The molecule has 0 aliphatic heterocycles. The summed E-state index contributed by atoms with van der Waals surface area (Å²) < 4.78 is 20.3. The Kier molecular flexibility index (Phi) is 4.53. The molecule has 5 nitrogen and oxygen atoms in total. The van der Waals surface area contributed by atoms with Gasteiger partial charge in [-0.05, 0) is 44.2 Å². The van der Waals surface area contributed by atoms with Crippen LogP contribution in [0.25, 0.3) is 5.69 Å². The largest absolute Gasteiger partial charge is 0.416 e. The van der Waals surface area contributed by atoms with Crippen LogP contribution in [0.15, 0.2) is 40.0 Å². The highest BCUT2D eigenvalue weighted by atomic mass is 32.2. The van der Waals surface area contributed by atoms with Crippen LogP contribution in [-0.4, -0.2) is 26.3 Å². The van der Waals surface area contributed by atoms with Gasteiger partial charge in [0.25, 0.3) is 5.22 Å². The number of carbonyl (C=O) groups is 1. The minimum absolute atomic E-state index is 0.0164. The van der Waals surface area contributed by atoms with E-state index in [0.29, 0.717) is 16.7 Å². The zero-order chi connectivity index (χ0) is 17.3. The lowest BCUT2D eigenvalue weighted by Gasteiger charge is -2.09. The van der Waals surface area contributed by atoms with Gasteiger partial charge in [-0.3, -0.25) is 4.79 Å². The molecular weight excluding hydrogens is 329 g/mol. The van der Waals surface area contributed by atoms with Gasteiger partial charge < -0.3 is 8.98 Å². The summed E-state index contributed by atoms with van der Waals surface area (Å²) in [5.74, 6) is 0.385. The average molecular weight is 345 g/mol. The monoisotopic (exact) mass is 345 g/mol. The molecule has 2 heterocycles. The summed E-state index contributed by atoms with van der Waals surface area (Å²) >= 11 is 1.22. The highest BCUT2D eigenvalue weighted by molar-refractivity contribution is 7.99. The third-order valence-corrected chi connectivity index (χ3v) is 4.47. The molecule has 0 amide bonds. The van der Waals surface area contributed by atoms with Gasteiger partial charge in [0.2, 0.25) is 5.89 Å². The van der Waals surface area contributed by atoms with Gasteiger partial charge >= 0.3 is 0 Å². The molecule has 0 saturated carbocycles. The number of hydrogen-bond acceptors (Lipinski definition) is 5. The molecule has 0 bridgehead atoms. The quantitative estimate of drug-likeness (QED) is 0.518. The van der Waals surface area contributed by atoms with E-state index in [-0.39, 0.29) is 17.4 Å². The van der Waals surface area contributed by atoms with E-state index < -0.39 is 0 Å². The number of hydrogen-bond donors (Lipinski definition) is 0. The second kappa shape index (κ2) is 6.60. The molecule has 3 aromatic rings. The number of nitrogens with zero attached hydrogens (tertiary/aromatic N) is 3. The standard InChI is InChI=1S/C17H16FN3O2S/c1-10-8-15(16(22)9-24-17-20-19-12(3)23-17)11(2)21(10)14-6-4-13(18)5-7-14/h4-8H,9H2,1-3H3. The Morgan fingerprint density at radius 1 is 1.21 bits per heavy atom. The van der Waals surface area contributed by atoms with Crippen molar-refractivity contribution in [1.29, 1.82) is 0 Å². The summed E-state index contributed by atoms with van der Waals surface area (Å²) in [6.07, 6.45) is 0. The third kappa shape index (κ3) is 3.26. The average Bonchev–Trinajstić information content (AvgIpc) is 3.09. The van der Waals surface area contributed by atoms with Crippen molar-refractivity contribution < 1.29 is 13.6 Å². The normalized spacial score (nSPS) is 11.0. The molecule has 0 fully saturated rings. The summed E-state index contributed by atoms with van der Waals surface area (Å²) in [6, 6.07) is 8.05. The Bertz CT molecular complexity index is 884. The van der Waals surface area contributed by atoms with Gasteiger partial charge in [-0.15, -0.1) is 10.2 Å². The van der Waals surface area contributed by atoms with Crippen LogP contribution in [0.2, 0.25) is 0 Å². The first kappa shape index (κ1) is 16.4. The number of halogens is 1. The van der Waals surface area contributed by atoms with E-state index >= 15 is 0 Å². The summed E-state index contributed by atoms with van der Waals surface area (Å²) in [5.41, 5.74) is 3.21. The lowest BCUT2D eigenvalue weighted by molar-refractivity contribution is 0.102. The number of Topliss-reactive ketones (excluding diaryl/α,β-unsaturated/α-hetero) is 1. The number of aromatic nitrogens is 3. The fourth-order valence-electron chi connectivity index (χ4n) is 2.57. The summed E-state index contributed by atoms with van der Waals surface area (Å²) in [5, 5.41) is 7.98. The van der Waals surface area contributed by atoms with E-state index in [1.54, 1.807) is 19.1 Å². The molecule has 0 atom stereocenters. The minimum Gasteiger partial charge on any atom is -0.416 e. The smallest absolute Gasteiger partial charge is 0.277 e. The molecule has 0 radical (unpaired) electrons. The SMILES string of the molecule is Cc1nnc(SCC(=O)c2cc(C)n(-c3ccc(F)cc3)c2C)o1. The topological polar surface area (TPSA) is 60.9 Å². The van der Waals surface area contributed by atoms with E-state index in [1.165, 1.54) is 23.9 Å². The molecule has 2 aromatic heterocycles. The fourth-order valence-corrected chi connectivity index (χ4v) is 3.26. The van der Waals surface area contributed by atoms with Gasteiger partial charge in [0, 0.05) is 29.6 Å². The van der Waals surface area contributed by atoms with Gasteiger partial charge in [-0.25, -0.2) is 4.39 Å². The van der Waals surface area contributed by atoms with Crippen LogP contribution < -0.4 is 0 Å². The minimum atomic E-state index is -0.288. The maximum atomic E-state index is 13.1. The number of rotatable bonds is 5. The maximum Gasteiger partial charge on any atom is 0.277 e. The zero-order valence-electron chi connectivity index (χ0n) is 13.5. The van der Waals surface area contributed by atoms with Crippen LogP contribution in [0.3, 0.4) is 0 Å². The van der Waals surface area contributed by atoms with Crippen molar-refractivity contribution in [2.75, 3.05) is 5.75 Å². The molecule has 124 valence electrons. The molecule has 0 aliphatic rings. The molecule has 0 aliphatic carbocycles. The summed E-state index contributed by atoms with van der Waals surface area (Å²) in [6.45, 7) is 5.50. The van der Waals surface area contributed by atoms with E-state index in [2.05, 4.69) is 10.2 Å². The first-order chi connectivity index (χ1) is 11.5. The number of thioether (sulfide) groups is 1. The Morgan fingerprint density at radius 3 is 2.54 bits per heavy atom. The zero-order valence-corrected chi connectivity index (χ0v) is 14.4. The van der Waals surface area contributed by atoms with Gasteiger partial charge in [-0.2, -0.15) is 0 Å². The van der Waals surface area contributed by atoms with Crippen molar-refractivity contribution in [1.82, 2.24) is 14.8 Å². The predicted octanol–water partition coefficient (Wildman–Crippen LogP) is 3.90. The number of carbonyl (C=O) groups excluding carboxylic acids is 1. The van der Waals surface area contributed by atoms with Crippen LogP contribution in [0.5, 0.6) is 0 Å².